The van der Waals surface area contributed by atoms with Gasteiger partial charge in [-0.1, -0.05) is 31.0 Å². The molecule has 52 heavy (non-hydrogen) atoms. The van der Waals surface area contributed by atoms with Crippen LogP contribution in [0, 0.1) is 0 Å². The average Bonchev–Trinajstić information content (AvgIpc) is 3.71. The average molecular weight is 1100 g/mol. The van der Waals surface area contributed by atoms with Gasteiger partial charge in [0.25, 0.3) is 0 Å². The van der Waals surface area contributed by atoms with Crippen LogP contribution in [0.2, 0.25) is 38.3 Å². The zero-order valence-electron chi connectivity index (χ0n) is 33.7. The molecule has 4 aliphatic rings. The van der Waals surface area contributed by atoms with Crippen molar-refractivity contribution in [2.75, 3.05) is 0 Å². The number of hydrogen-bond donors (Lipinski definition) is 0. The normalized spacial score (nSPS) is 22.0. The summed E-state index contributed by atoms with van der Waals surface area (Å²) in [6, 6.07) is 3.93. The van der Waals surface area contributed by atoms with E-state index in [0.717, 1.165) is 31.3 Å². The van der Waals surface area contributed by atoms with Gasteiger partial charge in [0.1, 0.15) is 5.52 Å². The third-order valence-electron chi connectivity index (χ3n) is 9.60. The summed E-state index contributed by atoms with van der Waals surface area (Å²) in [6.07, 6.45) is 6.03. The van der Waals surface area contributed by atoms with Crippen LogP contribution in [-0.4, -0.2) is 98.7 Å². The van der Waals surface area contributed by atoms with Gasteiger partial charge < -0.3 is 18.6 Å². The number of fused-ring (bicyclic) bond motifs is 2. The van der Waals surface area contributed by atoms with Crippen molar-refractivity contribution in [1.29, 1.82) is 0 Å². The Kier molecular flexibility index (Phi) is 17.9. The molecule has 8 nitrogen and oxygen atoms in total. The zero-order chi connectivity index (χ0) is 38.8. The molecule has 6 rings (SSSR count). The standard InChI is InChI=1S/C13H26B2O4.C9H11N2S.C6H2Br2N2S.CH4.6CH3.CH2.2Sn/c1-10(2)11(3,4)17-14(16-10)9-15-18-12(5,6)13(7,8)19-15;1-3-7-5-4-6(2)8-9(7)12-11-10-8;7-3-1-2-4(8)6-5(3)9-10-11-6;;;;;;;;;;/h9H2,1-8H3;4-5,9H,3H2,1-2H3;1-2H;1H4;6*1H3;1H2;;/q;+1;;;;;;;;;;;. The summed E-state index contributed by atoms with van der Waals surface area (Å²) in [5.74, 6) is 0. The van der Waals surface area contributed by atoms with Crippen LogP contribution in [0.5, 0.6) is 0 Å². The fourth-order valence-electron chi connectivity index (χ4n) is 6.13. The van der Waals surface area contributed by atoms with Crippen LogP contribution in [0.25, 0.3) is 10.2 Å². The van der Waals surface area contributed by atoms with Crippen molar-refractivity contribution in [3.05, 3.63) is 44.4 Å². The fraction of sp³-hybridized carbons (Fsp3) is 0.694. The molecule has 0 bridgehead atoms. The molecule has 2 saturated heterocycles. The molecular formula is C36H63B2Br2N4O4S2Sn2+. The summed E-state index contributed by atoms with van der Waals surface area (Å²) in [5, 5.41) is 4.39. The van der Waals surface area contributed by atoms with E-state index < -0.39 is 36.8 Å². The van der Waals surface area contributed by atoms with E-state index in [1.807, 2.05) is 12.1 Å². The monoisotopic (exact) mass is 1100 g/mol. The Balaban J connectivity index is 0.000000249. The van der Waals surface area contributed by atoms with E-state index in [2.05, 4.69) is 162 Å². The number of rotatable bonds is 5. The van der Waals surface area contributed by atoms with Gasteiger partial charge in [0, 0.05) is 20.7 Å². The first-order valence-corrected chi connectivity index (χ1v) is 42.1. The van der Waals surface area contributed by atoms with Gasteiger partial charge in [-0.2, -0.15) is 0 Å². The molecule has 2 fully saturated rings. The fourth-order valence-corrected chi connectivity index (χ4v) is 78.8. The van der Waals surface area contributed by atoms with E-state index in [4.69, 9.17) is 18.6 Å². The molecule has 16 heteroatoms. The number of aromatic nitrogens is 2. The van der Waals surface area contributed by atoms with Crippen LogP contribution in [0.1, 0.15) is 83.1 Å². The molecule has 3 aliphatic heterocycles. The molecule has 1 atom stereocenters. The van der Waals surface area contributed by atoms with Crippen molar-refractivity contribution in [3.63, 3.8) is 0 Å². The molecular weight excluding hydrogens is 1040 g/mol. The molecule has 0 N–H and O–H groups in total. The van der Waals surface area contributed by atoms with E-state index in [-0.39, 0.29) is 44.1 Å². The van der Waals surface area contributed by atoms with Crippen molar-refractivity contribution in [3.8, 4) is 0 Å². The third-order valence-corrected chi connectivity index (χ3v) is 59.5. The number of halogens is 2. The Morgan fingerprint density at radius 3 is 1.65 bits per heavy atom. The van der Waals surface area contributed by atoms with E-state index >= 15 is 0 Å². The van der Waals surface area contributed by atoms with Crippen molar-refractivity contribution < 1.29 is 23.4 Å². The Morgan fingerprint density at radius 1 is 0.788 bits per heavy atom. The summed E-state index contributed by atoms with van der Waals surface area (Å²) in [6.45, 7) is 20.7. The van der Waals surface area contributed by atoms with Crippen molar-refractivity contribution in [1.82, 2.24) is 9.59 Å². The summed E-state index contributed by atoms with van der Waals surface area (Å²) < 4.78 is 36.6. The van der Waals surface area contributed by atoms with Crippen LogP contribution < -0.4 is 0 Å². The Labute approximate surface area is 349 Å². The summed E-state index contributed by atoms with van der Waals surface area (Å²) in [7, 11) is -0.556. The van der Waals surface area contributed by atoms with Gasteiger partial charge in [-0.25, -0.2) is 0 Å². The van der Waals surface area contributed by atoms with E-state index in [9.17, 15) is 0 Å². The van der Waals surface area contributed by atoms with Gasteiger partial charge >= 0.3 is 88.8 Å². The minimum atomic E-state index is -1.35. The number of allylic oxidation sites excluding steroid dienone is 3. The molecule has 4 heterocycles. The molecule has 1 unspecified atom stereocenters. The van der Waals surface area contributed by atoms with Crippen LogP contribution >= 0.6 is 55.3 Å². The number of hydrogen-bond acceptors (Lipinski definition) is 9. The summed E-state index contributed by atoms with van der Waals surface area (Å²) in [4.78, 5) is 19.4. The van der Waals surface area contributed by atoms with Crippen LogP contribution in [-0.2, 0) is 18.6 Å². The predicted molar refractivity (Wildman–Crippen MR) is 239 cm³/mol. The molecule has 1 aromatic heterocycles. The van der Waals surface area contributed by atoms with Crippen molar-refractivity contribution in [2.45, 2.75) is 149 Å². The zero-order valence-corrected chi connectivity index (χ0v) is 44.2. The Morgan fingerprint density at radius 2 is 1.25 bits per heavy atom. The SMILES string of the molecule is Brc1ccc(Br)c2snnc12.C.CC1(C)OB(CB2OC(C)(C)C(C)(C)O2)OC1(C)C.CCC1=CC=C(C)C2=[N+]=NSC12.[CH3][Sn]([CH3])([CH3])[CH2][Sn]([CH3])([CH3])[CH3]. The van der Waals surface area contributed by atoms with E-state index in [1.54, 1.807) is 14.4 Å². The van der Waals surface area contributed by atoms with Crippen molar-refractivity contribution in [2.24, 2.45) is 4.52 Å². The Hall–Kier alpha value is 0.777. The molecule has 2 aromatic rings. The molecule has 0 spiro atoms. The second-order valence-electron chi connectivity index (χ2n) is 17.9. The van der Waals surface area contributed by atoms with Gasteiger partial charge in [0.2, 0.25) is 0 Å². The van der Waals surface area contributed by atoms with Gasteiger partial charge in [0.15, 0.2) is 9.77 Å². The maximum absolute atomic E-state index is 5.98. The summed E-state index contributed by atoms with van der Waals surface area (Å²) >= 11 is 7.07. The van der Waals surface area contributed by atoms with Crippen LogP contribution in [0.3, 0.4) is 0 Å². The molecule has 1 aromatic carbocycles. The molecule has 0 saturated carbocycles. The number of benzene rings is 1. The third kappa shape index (κ3) is 13.4. The second kappa shape index (κ2) is 19.0. The first kappa shape index (κ1) is 48.9. The minimum absolute atomic E-state index is 0. The molecule has 0 amide bonds. The van der Waals surface area contributed by atoms with Gasteiger partial charge in [-0.3, -0.25) is 0 Å². The van der Waals surface area contributed by atoms with E-state index in [0.29, 0.717) is 11.5 Å². The van der Waals surface area contributed by atoms with Crippen LogP contribution in [0.4, 0.5) is 0 Å². The predicted octanol–water partition coefficient (Wildman–Crippen LogP) is 12.2. The number of nitrogens with zero attached hydrogens (tertiary/aromatic N) is 4. The molecule has 1 aliphatic carbocycles. The second-order valence-corrected chi connectivity index (χ2v) is 58.2. The topological polar surface area (TPSA) is 89.2 Å². The van der Waals surface area contributed by atoms with Crippen molar-refractivity contribution >= 4 is 122 Å². The molecule has 290 valence electrons. The maximum atomic E-state index is 5.98. The Bertz CT molecular complexity index is 1550. The quantitative estimate of drug-likeness (QED) is 0.167. The van der Waals surface area contributed by atoms with Gasteiger partial charge in [-0.15, -0.1) is 5.10 Å². The first-order valence-electron chi connectivity index (χ1n) is 17.8. The van der Waals surface area contributed by atoms with E-state index in [1.165, 1.54) is 22.7 Å². The first-order chi connectivity index (χ1) is 23.2. The molecule has 0 radical (unpaired) electrons. The van der Waals surface area contributed by atoms with Gasteiger partial charge in [-0.05, 0) is 130 Å². The summed E-state index contributed by atoms with van der Waals surface area (Å²) in [5.41, 5.74) is 3.55. The van der Waals surface area contributed by atoms with Gasteiger partial charge in [0.05, 0.1) is 43.8 Å². The van der Waals surface area contributed by atoms with Crippen LogP contribution in [0.15, 0.2) is 48.9 Å².